The van der Waals surface area contributed by atoms with Crippen molar-refractivity contribution in [1.29, 1.82) is 0 Å². The van der Waals surface area contributed by atoms with E-state index in [-0.39, 0.29) is 23.2 Å². The lowest BCUT2D eigenvalue weighted by atomic mass is 9.79. The molecule has 2 heterocycles. The molecular weight excluding hydrogens is 376 g/mol. The third kappa shape index (κ3) is 3.18. The summed E-state index contributed by atoms with van der Waals surface area (Å²) in [5, 5.41) is 3.35. The van der Waals surface area contributed by atoms with E-state index in [0.717, 1.165) is 15.9 Å². The number of nitrogens with one attached hydrogen (secondary N) is 1. The molecule has 0 bridgehead atoms. The van der Waals surface area contributed by atoms with Crippen LogP contribution in [0, 0.1) is 11.6 Å². The first-order chi connectivity index (χ1) is 13.9. The minimum absolute atomic E-state index is 0.226. The lowest BCUT2D eigenvalue weighted by molar-refractivity contribution is 0.157. The first kappa shape index (κ1) is 18.9. The van der Waals surface area contributed by atoms with Gasteiger partial charge in [0.05, 0.1) is 12.2 Å². The van der Waals surface area contributed by atoms with Gasteiger partial charge in [-0.25, -0.2) is 13.8 Å². The van der Waals surface area contributed by atoms with Gasteiger partial charge in [-0.1, -0.05) is 24.3 Å². The van der Waals surface area contributed by atoms with Gasteiger partial charge in [0.1, 0.15) is 30.1 Å². The van der Waals surface area contributed by atoms with Crippen molar-refractivity contribution in [2.24, 2.45) is 4.99 Å². The van der Waals surface area contributed by atoms with E-state index in [0.29, 0.717) is 11.4 Å². The number of pyridine rings is 1. The smallest absolute Gasteiger partial charge is 0.282 e. The van der Waals surface area contributed by atoms with Crippen LogP contribution >= 0.6 is 0 Å². The summed E-state index contributed by atoms with van der Waals surface area (Å²) in [7, 11) is 1.40. The third-order valence-electron chi connectivity index (χ3n) is 5.19. The molecule has 0 saturated carbocycles. The molecule has 1 N–H and O–H groups in total. The van der Waals surface area contributed by atoms with Crippen molar-refractivity contribution in [3.8, 4) is 0 Å². The minimum atomic E-state index is -0.898. The average molecular weight is 395 g/mol. The summed E-state index contributed by atoms with van der Waals surface area (Å²) in [6.45, 7) is 1.95. The summed E-state index contributed by atoms with van der Waals surface area (Å²) in [4.78, 5) is 21.8. The minimum Gasteiger partial charge on any atom is -0.414 e. The Labute approximate surface area is 166 Å². The normalized spacial score (nSPS) is 17.5. The van der Waals surface area contributed by atoms with Crippen molar-refractivity contribution in [2.45, 2.75) is 18.5 Å². The molecule has 1 aliphatic rings. The molecule has 0 radical (unpaired) electrons. The van der Waals surface area contributed by atoms with Crippen LogP contribution in [0.4, 0.5) is 8.78 Å². The maximum Gasteiger partial charge on any atom is 0.282 e. The van der Waals surface area contributed by atoms with Crippen LogP contribution in [0.2, 0.25) is 0 Å². The van der Waals surface area contributed by atoms with E-state index in [9.17, 15) is 13.6 Å². The fourth-order valence-corrected chi connectivity index (χ4v) is 3.72. The summed E-state index contributed by atoms with van der Waals surface area (Å²) in [5.74, 6) is -0.145. The zero-order valence-corrected chi connectivity index (χ0v) is 15.9. The van der Waals surface area contributed by atoms with Gasteiger partial charge < -0.3 is 10.2 Å². The number of aliphatic imine (C=N–C) groups is 1. The summed E-state index contributed by atoms with van der Waals surface area (Å²) in [5.41, 5.74) is 0.988. The molecule has 0 fully saturated rings. The highest BCUT2D eigenvalue weighted by atomic mass is 19.1. The van der Waals surface area contributed by atoms with E-state index in [4.69, 9.17) is 9.83 Å². The molecule has 0 unspecified atom stereocenters. The molecule has 29 heavy (non-hydrogen) atoms. The van der Waals surface area contributed by atoms with Gasteiger partial charge in [0.2, 0.25) is 0 Å². The second-order valence-electron chi connectivity index (χ2n) is 6.87. The van der Waals surface area contributed by atoms with Gasteiger partial charge in [0.25, 0.3) is 5.56 Å². The highest BCUT2D eigenvalue weighted by molar-refractivity contribution is 6.00. The Balaban J connectivity index is 1.91. The van der Waals surface area contributed by atoms with Crippen LogP contribution in [0.25, 0.3) is 0 Å². The van der Waals surface area contributed by atoms with Crippen molar-refractivity contribution in [1.82, 2.24) is 10.0 Å². The topological polar surface area (TPSA) is 55.6 Å². The molecule has 7 heteroatoms. The summed E-state index contributed by atoms with van der Waals surface area (Å²) >= 11 is 0. The first-order valence-electron chi connectivity index (χ1n) is 9.10. The standard InChI is InChI=1S/C22H19F2N3O2/c1-14-22(16-4-8-18(23)9-5-16,17-6-10-19(24)11-7-17)26-21(25-14)15-3-12-20(28)27(13-15)29-2/h3-14H,1-2H3,(H,25,26)/t14-/m0/s1. The molecule has 0 spiro atoms. The number of nitrogens with zero attached hydrogens (tertiary/aromatic N) is 2. The number of benzene rings is 2. The Kier molecular flexibility index (Phi) is 4.66. The third-order valence-corrected chi connectivity index (χ3v) is 5.19. The molecular formula is C22H19F2N3O2. The van der Waals surface area contributed by atoms with Crippen molar-refractivity contribution in [2.75, 3.05) is 7.11 Å². The number of halogens is 2. The van der Waals surface area contributed by atoms with E-state index >= 15 is 0 Å². The Morgan fingerprint density at radius 1 is 0.966 bits per heavy atom. The zero-order valence-electron chi connectivity index (χ0n) is 15.9. The van der Waals surface area contributed by atoms with Crippen LogP contribution < -0.4 is 15.7 Å². The number of rotatable bonds is 4. The molecule has 148 valence electrons. The van der Waals surface area contributed by atoms with E-state index in [1.54, 1.807) is 36.5 Å². The van der Waals surface area contributed by atoms with Crippen LogP contribution in [0.1, 0.15) is 23.6 Å². The van der Waals surface area contributed by atoms with Crippen LogP contribution in [0.3, 0.4) is 0 Å². The number of amidine groups is 1. The van der Waals surface area contributed by atoms with Gasteiger partial charge in [-0.3, -0.25) is 4.79 Å². The molecule has 5 nitrogen and oxygen atoms in total. The maximum atomic E-state index is 13.6. The van der Waals surface area contributed by atoms with Crippen LogP contribution in [-0.2, 0) is 5.54 Å². The van der Waals surface area contributed by atoms with Crippen molar-refractivity contribution >= 4 is 5.84 Å². The van der Waals surface area contributed by atoms with Gasteiger partial charge in [0, 0.05) is 11.6 Å². The van der Waals surface area contributed by atoms with Crippen LogP contribution in [0.15, 0.2) is 76.6 Å². The summed E-state index contributed by atoms with van der Waals surface area (Å²) in [6, 6.07) is 15.1. The predicted molar refractivity (Wildman–Crippen MR) is 106 cm³/mol. The highest BCUT2D eigenvalue weighted by Crippen LogP contribution is 2.41. The lowest BCUT2D eigenvalue weighted by Crippen LogP contribution is -2.41. The van der Waals surface area contributed by atoms with E-state index < -0.39 is 5.54 Å². The molecule has 1 aromatic heterocycles. The average Bonchev–Trinajstić information content (AvgIpc) is 3.07. The fraction of sp³-hybridized carbons (Fsp3) is 0.182. The Bertz CT molecular complexity index is 1080. The Morgan fingerprint density at radius 3 is 2.03 bits per heavy atom. The maximum absolute atomic E-state index is 13.6. The van der Waals surface area contributed by atoms with E-state index in [2.05, 4.69) is 5.32 Å². The highest BCUT2D eigenvalue weighted by Gasteiger charge is 2.45. The molecule has 0 aliphatic carbocycles. The van der Waals surface area contributed by atoms with Crippen LogP contribution in [-0.4, -0.2) is 23.7 Å². The summed E-state index contributed by atoms with van der Waals surface area (Å²) < 4.78 is 28.2. The second-order valence-corrected chi connectivity index (χ2v) is 6.87. The molecule has 0 amide bonds. The van der Waals surface area contributed by atoms with Crippen LogP contribution in [0.5, 0.6) is 0 Å². The fourth-order valence-electron chi connectivity index (χ4n) is 3.72. The van der Waals surface area contributed by atoms with Gasteiger partial charge in [-0.05, 0) is 48.4 Å². The Hall–Kier alpha value is -3.48. The monoisotopic (exact) mass is 395 g/mol. The molecule has 2 aromatic carbocycles. The quantitative estimate of drug-likeness (QED) is 0.739. The van der Waals surface area contributed by atoms with Gasteiger partial charge in [-0.15, -0.1) is 0 Å². The van der Waals surface area contributed by atoms with Crippen molar-refractivity contribution < 1.29 is 13.6 Å². The number of hydrogen-bond acceptors (Lipinski definition) is 4. The predicted octanol–water partition coefficient (Wildman–Crippen LogP) is 2.87. The van der Waals surface area contributed by atoms with Gasteiger partial charge in [-0.2, -0.15) is 4.73 Å². The first-order valence-corrected chi connectivity index (χ1v) is 9.10. The molecule has 1 aliphatic heterocycles. The molecule has 0 saturated heterocycles. The number of aromatic nitrogens is 1. The number of hydrogen-bond donors (Lipinski definition) is 1. The van der Waals surface area contributed by atoms with Gasteiger partial charge >= 0.3 is 0 Å². The van der Waals surface area contributed by atoms with Gasteiger partial charge in [0.15, 0.2) is 0 Å². The lowest BCUT2D eigenvalue weighted by Gasteiger charge is -2.32. The second kappa shape index (κ2) is 7.16. The zero-order chi connectivity index (χ0) is 20.6. The Morgan fingerprint density at radius 2 is 1.52 bits per heavy atom. The molecule has 4 rings (SSSR count). The summed E-state index contributed by atoms with van der Waals surface area (Å²) in [6.07, 6.45) is 1.55. The van der Waals surface area contributed by atoms with Crippen molar-refractivity contribution in [3.05, 3.63) is 106 Å². The molecule has 1 atom stereocenters. The van der Waals surface area contributed by atoms with Crippen molar-refractivity contribution in [3.63, 3.8) is 0 Å². The van der Waals surface area contributed by atoms with E-state index in [1.165, 1.54) is 37.4 Å². The molecule has 3 aromatic rings. The SMILES string of the molecule is COn1cc(C2=NC(c3ccc(F)cc3)(c3ccc(F)cc3)[C@H](C)N2)ccc1=O. The largest absolute Gasteiger partial charge is 0.414 e. The van der Waals surface area contributed by atoms with E-state index in [1.807, 2.05) is 6.92 Å².